The molecule has 1 aliphatic rings. The molecule has 3 aromatic rings. The van der Waals surface area contributed by atoms with E-state index in [0.29, 0.717) is 0 Å². The van der Waals surface area contributed by atoms with Crippen LogP contribution in [0.2, 0.25) is 0 Å². The number of carbonyl (C=O) groups excluding carboxylic acids is 1. The first-order valence-electron chi connectivity index (χ1n) is 9.98. The van der Waals surface area contributed by atoms with Crippen molar-refractivity contribution in [2.24, 2.45) is 0 Å². The average Bonchev–Trinajstić information content (AvgIpc) is 2.82. The minimum absolute atomic E-state index is 0.123. The second kappa shape index (κ2) is 8.93. The van der Waals surface area contributed by atoms with E-state index < -0.39 is 14.9 Å². The summed E-state index contributed by atoms with van der Waals surface area (Å²) in [6.45, 7) is 0.557. The van der Waals surface area contributed by atoms with Crippen molar-refractivity contribution in [2.45, 2.75) is 4.90 Å². The van der Waals surface area contributed by atoms with Crippen molar-refractivity contribution in [1.29, 1.82) is 0 Å². The van der Waals surface area contributed by atoms with E-state index in [-0.39, 0.29) is 55.0 Å². The number of rotatable bonds is 6. The standard InChI is InChI=1S/C22H21N3O6S/c26-22(16-31-20-7-3-6-19(15-20)25(27)28)23-10-12-24(13-11-23)32(29,30)21-9-8-17-4-1-2-5-18(17)14-21/h1-9,14-15H,10-13,16H2. The number of ether oxygens (including phenoxy) is 1. The Kier molecular flexibility index (Phi) is 6.06. The molecule has 0 aromatic heterocycles. The van der Waals surface area contributed by atoms with Gasteiger partial charge in [0.2, 0.25) is 10.0 Å². The van der Waals surface area contributed by atoms with Crippen LogP contribution in [0.1, 0.15) is 0 Å². The molecular weight excluding hydrogens is 434 g/mol. The van der Waals surface area contributed by atoms with Gasteiger partial charge in [-0.3, -0.25) is 14.9 Å². The zero-order valence-corrected chi connectivity index (χ0v) is 17.9. The van der Waals surface area contributed by atoms with Crippen LogP contribution in [-0.2, 0) is 14.8 Å². The van der Waals surface area contributed by atoms with Crippen LogP contribution in [0.15, 0.2) is 71.6 Å². The topological polar surface area (TPSA) is 110 Å². The van der Waals surface area contributed by atoms with E-state index in [9.17, 15) is 23.3 Å². The number of nitro benzene ring substituents is 1. The summed E-state index contributed by atoms with van der Waals surface area (Å²) in [5.41, 5.74) is -0.123. The predicted molar refractivity (Wildman–Crippen MR) is 118 cm³/mol. The van der Waals surface area contributed by atoms with Gasteiger partial charge in [0.15, 0.2) is 6.61 Å². The lowest BCUT2D eigenvalue weighted by molar-refractivity contribution is -0.384. The lowest BCUT2D eigenvalue weighted by atomic mass is 10.1. The molecule has 9 nitrogen and oxygen atoms in total. The van der Waals surface area contributed by atoms with E-state index in [0.717, 1.165) is 10.8 Å². The molecule has 1 aliphatic heterocycles. The van der Waals surface area contributed by atoms with Crippen LogP contribution in [0, 0.1) is 10.1 Å². The molecule has 1 fully saturated rings. The summed E-state index contributed by atoms with van der Waals surface area (Å²) in [4.78, 5) is 24.5. The molecule has 0 bridgehead atoms. The summed E-state index contributed by atoms with van der Waals surface area (Å²) >= 11 is 0. The monoisotopic (exact) mass is 455 g/mol. The first kappa shape index (κ1) is 21.7. The lowest BCUT2D eigenvalue weighted by Gasteiger charge is -2.34. The van der Waals surface area contributed by atoms with E-state index in [1.54, 1.807) is 18.2 Å². The number of sulfonamides is 1. The molecule has 0 aliphatic carbocycles. The third-order valence-electron chi connectivity index (χ3n) is 5.34. The van der Waals surface area contributed by atoms with Crippen LogP contribution < -0.4 is 4.74 Å². The first-order valence-corrected chi connectivity index (χ1v) is 11.4. The smallest absolute Gasteiger partial charge is 0.273 e. The molecule has 0 unspecified atom stereocenters. The Balaban J connectivity index is 1.36. The molecule has 4 rings (SSSR count). The van der Waals surface area contributed by atoms with Gasteiger partial charge in [0, 0.05) is 32.2 Å². The Hall–Kier alpha value is -3.50. The average molecular weight is 455 g/mol. The van der Waals surface area contributed by atoms with Gasteiger partial charge in [-0.2, -0.15) is 4.31 Å². The quantitative estimate of drug-likeness (QED) is 0.417. The van der Waals surface area contributed by atoms with E-state index in [2.05, 4.69) is 0 Å². The van der Waals surface area contributed by atoms with Gasteiger partial charge in [-0.05, 0) is 29.0 Å². The molecule has 10 heteroatoms. The third-order valence-corrected chi connectivity index (χ3v) is 7.24. The van der Waals surface area contributed by atoms with Gasteiger partial charge in [0.05, 0.1) is 15.9 Å². The highest BCUT2D eigenvalue weighted by atomic mass is 32.2. The third kappa shape index (κ3) is 4.56. The van der Waals surface area contributed by atoms with Gasteiger partial charge >= 0.3 is 0 Å². The van der Waals surface area contributed by atoms with Crippen LogP contribution in [0.25, 0.3) is 10.8 Å². The summed E-state index contributed by atoms with van der Waals surface area (Å²) < 4.78 is 32.9. The normalized spacial score (nSPS) is 14.9. The molecule has 0 atom stereocenters. The molecule has 32 heavy (non-hydrogen) atoms. The molecule has 0 spiro atoms. The number of hydrogen-bond donors (Lipinski definition) is 0. The highest BCUT2D eigenvalue weighted by Crippen LogP contribution is 2.23. The minimum Gasteiger partial charge on any atom is -0.484 e. The Morgan fingerprint density at radius 1 is 0.938 bits per heavy atom. The maximum Gasteiger partial charge on any atom is 0.273 e. The van der Waals surface area contributed by atoms with Crippen molar-refractivity contribution in [3.63, 3.8) is 0 Å². The fourth-order valence-electron chi connectivity index (χ4n) is 3.58. The highest BCUT2D eigenvalue weighted by molar-refractivity contribution is 7.89. The SMILES string of the molecule is O=C(COc1cccc([N+](=O)[O-])c1)N1CCN(S(=O)(=O)c2ccc3ccccc3c2)CC1. The molecular formula is C22H21N3O6S. The summed E-state index contributed by atoms with van der Waals surface area (Å²) in [5.74, 6) is -0.0793. The van der Waals surface area contributed by atoms with E-state index in [1.807, 2.05) is 24.3 Å². The number of hydrogen-bond acceptors (Lipinski definition) is 6. The van der Waals surface area contributed by atoms with Gasteiger partial charge in [-0.25, -0.2) is 8.42 Å². The van der Waals surface area contributed by atoms with Gasteiger partial charge in [0.1, 0.15) is 5.75 Å². The summed E-state index contributed by atoms with van der Waals surface area (Å²) in [7, 11) is -3.67. The van der Waals surface area contributed by atoms with E-state index in [1.165, 1.54) is 33.5 Å². The number of piperazine rings is 1. The number of carbonyl (C=O) groups is 1. The number of amides is 1. The zero-order chi connectivity index (χ0) is 22.7. The summed E-state index contributed by atoms with van der Waals surface area (Å²) in [6, 6.07) is 18.2. The van der Waals surface area contributed by atoms with Gasteiger partial charge in [0.25, 0.3) is 11.6 Å². The number of fused-ring (bicyclic) bond motifs is 1. The van der Waals surface area contributed by atoms with Crippen molar-refractivity contribution >= 4 is 32.4 Å². The molecule has 166 valence electrons. The van der Waals surface area contributed by atoms with Crippen LogP contribution in [0.4, 0.5) is 5.69 Å². The van der Waals surface area contributed by atoms with Crippen molar-refractivity contribution in [2.75, 3.05) is 32.8 Å². The maximum absolute atomic E-state index is 13.0. The van der Waals surface area contributed by atoms with Gasteiger partial charge < -0.3 is 9.64 Å². The fraction of sp³-hybridized carbons (Fsp3) is 0.227. The largest absolute Gasteiger partial charge is 0.484 e. The Morgan fingerprint density at radius 2 is 1.66 bits per heavy atom. The summed E-state index contributed by atoms with van der Waals surface area (Å²) in [5, 5.41) is 12.6. The molecule has 0 radical (unpaired) electrons. The molecule has 0 saturated carbocycles. The van der Waals surface area contributed by atoms with E-state index in [4.69, 9.17) is 4.74 Å². The second-order valence-electron chi connectivity index (χ2n) is 7.34. The van der Waals surface area contributed by atoms with Crippen molar-refractivity contribution in [3.05, 3.63) is 76.8 Å². The fourth-order valence-corrected chi connectivity index (χ4v) is 5.04. The molecule has 1 heterocycles. The first-order chi connectivity index (χ1) is 15.3. The number of non-ortho nitro benzene ring substituents is 1. The van der Waals surface area contributed by atoms with Crippen molar-refractivity contribution in [3.8, 4) is 5.75 Å². The second-order valence-corrected chi connectivity index (χ2v) is 9.27. The number of benzene rings is 3. The predicted octanol–water partition coefficient (Wildman–Crippen LogP) is 2.66. The number of nitrogens with zero attached hydrogens (tertiary/aromatic N) is 3. The van der Waals surface area contributed by atoms with Crippen LogP contribution >= 0.6 is 0 Å². The molecule has 0 N–H and O–H groups in total. The van der Waals surface area contributed by atoms with Gasteiger partial charge in [-0.1, -0.05) is 36.4 Å². The van der Waals surface area contributed by atoms with Crippen LogP contribution in [0.3, 0.4) is 0 Å². The number of nitro groups is 1. The zero-order valence-electron chi connectivity index (χ0n) is 17.1. The maximum atomic E-state index is 13.0. The lowest BCUT2D eigenvalue weighted by Crippen LogP contribution is -2.51. The molecule has 3 aromatic carbocycles. The minimum atomic E-state index is -3.67. The van der Waals surface area contributed by atoms with Crippen LogP contribution in [-0.4, -0.2) is 61.2 Å². The highest BCUT2D eigenvalue weighted by Gasteiger charge is 2.30. The van der Waals surface area contributed by atoms with Crippen LogP contribution in [0.5, 0.6) is 5.75 Å². The molecule has 1 saturated heterocycles. The Labute approximate surface area is 185 Å². The van der Waals surface area contributed by atoms with E-state index >= 15 is 0 Å². The van der Waals surface area contributed by atoms with Gasteiger partial charge in [-0.15, -0.1) is 0 Å². The Bertz CT molecular complexity index is 1270. The van der Waals surface area contributed by atoms with Crippen molar-refractivity contribution < 1.29 is 22.9 Å². The molecule has 1 amide bonds. The Morgan fingerprint density at radius 3 is 2.38 bits per heavy atom. The van der Waals surface area contributed by atoms with Crippen molar-refractivity contribution in [1.82, 2.24) is 9.21 Å². The summed E-state index contributed by atoms with van der Waals surface area (Å²) in [6.07, 6.45) is 0.